The minimum absolute atomic E-state index is 0.0370. The maximum Gasteiger partial charge on any atom is 0.250 e. The number of rotatable bonds is 4. The molecule has 1 amide bonds. The van der Waals surface area contributed by atoms with E-state index in [1.165, 1.54) is 0 Å². The summed E-state index contributed by atoms with van der Waals surface area (Å²) in [6, 6.07) is 3.85. The van der Waals surface area contributed by atoms with Gasteiger partial charge in [0.15, 0.2) is 0 Å². The fourth-order valence-corrected chi connectivity index (χ4v) is 1.54. The molecule has 0 aliphatic heterocycles. The minimum Gasteiger partial charge on any atom is -0.353 e. The third-order valence-electron chi connectivity index (χ3n) is 2.67. The molecule has 0 spiro atoms. The first kappa shape index (κ1) is 10.9. The third-order valence-corrected chi connectivity index (χ3v) is 2.67. The van der Waals surface area contributed by atoms with Gasteiger partial charge in [0.1, 0.15) is 0 Å². The van der Waals surface area contributed by atoms with Crippen molar-refractivity contribution in [2.24, 2.45) is 0 Å². The molecule has 0 atom stereocenters. The van der Waals surface area contributed by atoms with E-state index in [1.54, 1.807) is 16.8 Å². The number of nitrogens with one attached hydrogen (secondary N) is 1. The Balaban J connectivity index is 1.88. The van der Waals surface area contributed by atoms with Crippen molar-refractivity contribution < 1.29 is 4.79 Å². The van der Waals surface area contributed by atoms with E-state index in [0.29, 0.717) is 19.0 Å². The molecule has 1 aromatic heterocycles. The Labute approximate surface area is 94.3 Å². The highest BCUT2D eigenvalue weighted by atomic mass is 16.2. The molecule has 1 aliphatic carbocycles. The third kappa shape index (κ3) is 2.95. The van der Waals surface area contributed by atoms with Crippen molar-refractivity contribution in [1.29, 1.82) is 0 Å². The van der Waals surface area contributed by atoms with Gasteiger partial charge in [0.25, 0.3) is 5.56 Å². The molecule has 4 nitrogen and oxygen atoms in total. The second-order valence-corrected chi connectivity index (χ2v) is 4.33. The summed E-state index contributed by atoms with van der Waals surface area (Å²) < 4.78 is 1.57. The number of hydrogen-bond acceptors (Lipinski definition) is 2. The van der Waals surface area contributed by atoms with Crippen molar-refractivity contribution in [2.45, 2.75) is 38.8 Å². The van der Waals surface area contributed by atoms with Crippen LogP contribution in [0.2, 0.25) is 0 Å². The van der Waals surface area contributed by atoms with E-state index in [9.17, 15) is 9.59 Å². The summed E-state index contributed by atoms with van der Waals surface area (Å²) in [5, 5.41) is 2.90. The van der Waals surface area contributed by atoms with Crippen LogP contribution in [0, 0.1) is 6.92 Å². The van der Waals surface area contributed by atoms with Gasteiger partial charge in [0.05, 0.1) is 0 Å². The van der Waals surface area contributed by atoms with E-state index < -0.39 is 0 Å². The summed E-state index contributed by atoms with van der Waals surface area (Å²) in [5.41, 5.74) is 0.905. The molecule has 1 heterocycles. The predicted molar refractivity (Wildman–Crippen MR) is 61.2 cm³/mol. The maximum atomic E-state index is 11.5. The molecule has 1 aliphatic rings. The Bertz CT molecular complexity index is 447. The van der Waals surface area contributed by atoms with Crippen LogP contribution in [0.25, 0.3) is 0 Å². The first-order chi connectivity index (χ1) is 7.65. The summed E-state index contributed by atoms with van der Waals surface area (Å²) >= 11 is 0. The van der Waals surface area contributed by atoms with Gasteiger partial charge in [-0.05, 0) is 31.4 Å². The number of aromatic nitrogens is 1. The molecule has 4 heteroatoms. The number of carbonyl (C=O) groups is 1. The Morgan fingerprint density at radius 2 is 2.31 bits per heavy atom. The van der Waals surface area contributed by atoms with Crippen LogP contribution in [-0.2, 0) is 11.3 Å². The summed E-state index contributed by atoms with van der Waals surface area (Å²) in [6.45, 7) is 2.34. The Morgan fingerprint density at radius 3 is 2.94 bits per heavy atom. The lowest BCUT2D eigenvalue weighted by atomic mass is 10.3. The standard InChI is InChI=1S/C12H16N2O2/c1-9-4-6-14(12(16)8-9)7-5-11(15)13-10-2-3-10/h4,6,8,10H,2-3,5,7H2,1H3,(H,13,15). The summed E-state index contributed by atoms with van der Waals surface area (Å²) in [7, 11) is 0. The molecule has 0 aromatic carbocycles. The topological polar surface area (TPSA) is 51.1 Å². The SMILES string of the molecule is Cc1ccn(CCC(=O)NC2CC2)c(=O)c1. The Kier molecular flexibility index (Phi) is 3.08. The minimum atomic E-state index is -0.0424. The van der Waals surface area contributed by atoms with Crippen LogP contribution in [0.1, 0.15) is 24.8 Å². The van der Waals surface area contributed by atoms with Crippen LogP contribution in [0.3, 0.4) is 0 Å². The van der Waals surface area contributed by atoms with E-state index in [4.69, 9.17) is 0 Å². The van der Waals surface area contributed by atoms with E-state index in [2.05, 4.69) is 5.32 Å². The van der Waals surface area contributed by atoms with Crippen LogP contribution in [0.5, 0.6) is 0 Å². The number of hydrogen-bond donors (Lipinski definition) is 1. The van der Waals surface area contributed by atoms with Crippen LogP contribution in [0.4, 0.5) is 0 Å². The fourth-order valence-electron chi connectivity index (χ4n) is 1.54. The van der Waals surface area contributed by atoms with E-state index in [-0.39, 0.29) is 11.5 Å². The van der Waals surface area contributed by atoms with Crippen molar-refractivity contribution in [3.05, 3.63) is 34.2 Å². The molecule has 1 saturated carbocycles. The van der Waals surface area contributed by atoms with Crippen molar-refractivity contribution in [3.8, 4) is 0 Å². The highest BCUT2D eigenvalue weighted by Crippen LogP contribution is 2.18. The average Bonchev–Trinajstić information content (AvgIpc) is 3.00. The predicted octanol–water partition coefficient (Wildman–Crippen LogP) is 0.825. The first-order valence-electron chi connectivity index (χ1n) is 5.61. The lowest BCUT2D eigenvalue weighted by Gasteiger charge is -2.06. The van der Waals surface area contributed by atoms with Crippen molar-refractivity contribution in [3.63, 3.8) is 0 Å². The molecule has 16 heavy (non-hydrogen) atoms. The maximum absolute atomic E-state index is 11.5. The van der Waals surface area contributed by atoms with Crippen LogP contribution >= 0.6 is 0 Å². The molecule has 0 unspecified atom stereocenters. The number of aryl methyl sites for hydroxylation is 2. The van der Waals surface area contributed by atoms with Crippen molar-refractivity contribution in [2.75, 3.05) is 0 Å². The Morgan fingerprint density at radius 1 is 1.56 bits per heavy atom. The highest BCUT2D eigenvalue weighted by molar-refractivity contribution is 5.76. The van der Waals surface area contributed by atoms with Gasteiger partial charge in [-0.25, -0.2) is 0 Å². The van der Waals surface area contributed by atoms with E-state index in [1.807, 2.05) is 13.0 Å². The highest BCUT2D eigenvalue weighted by Gasteiger charge is 2.22. The molecular weight excluding hydrogens is 204 g/mol. The average molecular weight is 220 g/mol. The van der Waals surface area contributed by atoms with Gasteiger partial charge in [-0.3, -0.25) is 9.59 Å². The van der Waals surface area contributed by atoms with Crippen LogP contribution in [0.15, 0.2) is 23.1 Å². The normalized spacial score (nSPS) is 14.8. The number of carbonyl (C=O) groups excluding carboxylic acids is 1. The monoisotopic (exact) mass is 220 g/mol. The Hall–Kier alpha value is -1.58. The van der Waals surface area contributed by atoms with Crippen molar-refractivity contribution in [1.82, 2.24) is 9.88 Å². The summed E-state index contributed by atoms with van der Waals surface area (Å²) in [5.74, 6) is 0.0370. The fraction of sp³-hybridized carbons (Fsp3) is 0.500. The molecule has 1 fully saturated rings. The second-order valence-electron chi connectivity index (χ2n) is 4.33. The molecule has 0 saturated heterocycles. The van der Waals surface area contributed by atoms with Crippen molar-refractivity contribution >= 4 is 5.91 Å². The molecule has 0 radical (unpaired) electrons. The largest absolute Gasteiger partial charge is 0.353 e. The van der Waals surface area contributed by atoms with E-state index in [0.717, 1.165) is 18.4 Å². The first-order valence-corrected chi connectivity index (χ1v) is 5.61. The smallest absolute Gasteiger partial charge is 0.250 e. The van der Waals surface area contributed by atoms with Gasteiger partial charge in [0, 0.05) is 31.3 Å². The number of amides is 1. The number of pyridine rings is 1. The quantitative estimate of drug-likeness (QED) is 0.817. The molecular formula is C12H16N2O2. The lowest BCUT2D eigenvalue weighted by molar-refractivity contribution is -0.121. The molecule has 2 rings (SSSR count). The molecule has 86 valence electrons. The van der Waals surface area contributed by atoms with Gasteiger partial charge in [-0.2, -0.15) is 0 Å². The van der Waals surface area contributed by atoms with Gasteiger partial charge in [0.2, 0.25) is 5.91 Å². The summed E-state index contributed by atoms with van der Waals surface area (Å²) in [6.07, 6.45) is 4.30. The van der Waals surface area contributed by atoms with Crippen LogP contribution in [-0.4, -0.2) is 16.5 Å². The number of nitrogens with zero attached hydrogens (tertiary/aromatic N) is 1. The molecule has 1 N–H and O–H groups in total. The zero-order valence-corrected chi connectivity index (χ0v) is 9.40. The van der Waals surface area contributed by atoms with Crippen LogP contribution < -0.4 is 10.9 Å². The summed E-state index contributed by atoms with van der Waals surface area (Å²) in [4.78, 5) is 22.9. The van der Waals surface area contributed by atoms with Gasteiger partial charge < -0.3 is 9.88 Å². The van der Waals surface area contributed by atoms with E-state index >= 15 is 0 Å². The zero-order chi connectivity index (χ0) is 11.5. The lowest BCUT2D eigenvalue weighted by Crippen LogP contribution is -2.28. The zero-order valence-electron chi connectivity index (χ0n) is 9.40. The van der Waals surface area contributed by atoms with Gasteiger partial charge in [-0.15, -0.1) is 0 Å². The molecule has 1 aromatic rings. The second kappa shape index (κ2) is 4.51. The van der Waals surface area contributed by atoms with Gasteiger partial charge in [-0.1, -0.05) is 0 Å². The molecule has 0 bridgehead atoms. The van der Waals surface area contributed by atoms with Gasteiger partial charge >= 0.3 is 0 Å².